The topological polar surface area (TPSA) is 34.1 Å². The molecule has 8 heteroatoms. The van der Waals surface area contributed by atoms with E-state index in [0.29, 0.717) is 6.42 Å². The molecule has 0 atom stereocenters. The SMILES string of the molecule is [CH2]CCCCCCCCCCCCS(=O)(=O)CCCC(F)(F)C(F)(F)F. The zero-order valence-corrected chi connectivity index (χ0v) is 16.2. The van der Waals surface area contributed by atoms with Gasteiger partial charge in [-0.25, -0.2) is 8.42 Å². The summed E-state index contributed by atoms with van der Waals surface area (Å²) in [6, 6.07) is 0. The Morgan fingerprint density at radius 1 is 0.615 bits per heavy atom. The summed E-state index contributed by atoms with van der Waals surface area (Å²) in [6.45, 7) is 3.79. The molecule has 0 N–H and O–H groups in total. The van der Waals surface area contributed by atoms with Crippen molar-refractivity contribution in [2.75, 3.05) is 11.5 Å². The van der Waals surface area contributed by atoms with Crippen molar-refractivity contribution in [3.8, 4) is 0 Å². The Morgan fingerprint density at radius 3 is 1.42 bits per heavy atom. The van der Waals surface area contributed by atoms with Gasteiger partial charge >= 0.3 is 12.1 Å². The Kier molecular flexibility index (Phi) is 12.7. The molecule has 157 valence electrons. The second-order valence-electron chi connectivity index (χ2n) is 6.85. The molecule has 2 nitrogen and oxygen atoms in total. The first-order chi connectivity index (χ1) is 12.0. The van der Waals surface area contributed by atoms with E-state index < -0.39 is 40.5 Å². The summed E-state index contributed by atoms with van der Waals surface area (Å²) in [5, 5.41) is 0. The molecule has 0 aromatic carbocycles. The van der Waals surface area contributed by atoms with E-state index in [9.17, 15) is 30.4 Å². The molecule has 0 aromatic heterocycles. The van der Waals surface area contributed by atoms with Gasteiger partial charge in [-0.15, -0.1) is 0 Å². The average Bonchev–Trinajstić information content (AvgIpc) is 2.51. The first-order valence-corrected chi connectivity index (χ1v) is 11.3. The minimum absolute atomic E-state index is 0.143. The Bertz CT molecular complexity index is 447. The molecule has 0 unspecified atom stereocenters. The summed E-state index contributed by atoms with van der Waals surface area (Å²) in [5.74, 6) is -5.59. The van der Waals surface area contributed by atoms with Gasteiger partial charge in [0.1, 0.15) is 9.84 Å². The largest absolute Gasteiger partial charge is 0.453 e. The summed E-state index contributed by atoms with van der Waals surface area (Å²) >= 11 is 0. The van der Waals surface area contributed by atoms with Crippen LogP contribution in [0.3, 0.4) is 0 Å². The second-order valence-corrected chi connectivity index (χ2v) is 9.15. The Morgan fingerprint density at radius 2 is 1.00 bits per heavy atom. The highest BCUT2D eigenvalue weighted by Crippen LogP contribution is 2.38. The standard InChI is InChI=1S/C18H32F5O2S/c1-2-3-4-5-6-7-8-9-10-11-12-15-26(24,25)16-13-14-17(19,20)18(21,22)23/h1-16H2. The van der Waals surface area contributed by atoms with Gasteiger partial charge in [0, 0.05) is 6.42 Å². The van der Waals surface area contributed by atoms with Crippen LogP contribution in [0.5, 0.6) is 0 Å². The number of alkyl halides is 5. The van der Waals surface area contributed by atoms with E-state index in [2.05, 4.69) is 6.92 Å². The molecule has 0 amide bonds. The number of unbranched alkanes of at least 4 members (excludes halogenated alkanes) is 10. The van der Waals surface area contributed by atoms with Gasteiger partial charge in [-0.3, -0.25) is 0 Å². The van der Waals surface area contributed by atoms with E-state index in [4.69, 9.17) is 0 Å². The maximum Gasteiger partial charge on any atom is 0.453 e. The molecule has 26 heavy (non-hydrogen) atoms. The minimum atomic E-state index is -5.62. The summed E-state index contributed by atoms with van der Waals surface area (Å²) in [6.07, 6.45) is 3.42. The molecule has 0 bridgehead atoms. The molecule has 0 saturated heterocycles. The maximum atomic E-state index is 12.7. The third kappa shape index (κ3) is 12.9. The van der Waals surface area contributed by atoms with Crippen molar-refractivity contribution in [2.45, 2.75) is 95.6 Å². The molecule has 1 radical (unpaired) electrons. The van der Waals surface area contributed by atoms with Crippen molar-refractivity contribution in [2.24, 2.45) is 0 Å². The predicted octanol–water partition coefficient (Wildman–Crippen LogP) is 6.50. The van der Waals surface area contributed by atoms with Crippen LogP contribution in [0.4, 0.5) is 22.0 Å². The van der Waals surface area contributed by atoms with Crippen molar-refractivity contribution in [1.82, 2.24) is 0 Å². The fourth-order valence-electron chi connectivity index (χ4n) is 2.67. The van der Waals surface area contributed by atoms with Crippen LogP contribution in [0, 0.1) is 6.92 Å². The van der Waals surface area contributed by atoms with Gasteiger partial charge in [0.05, 0.1) is 11.5 Å². The van der Waals surface area contributed by atoms with E-state index in [1.54, 1.807) is 0 Å². The van der Waals surface area contributed by atoms with E-state index in [1.165, 1.54) is 32.1 Å². The number of hydrogen-bond acceptors (Lipinski definition) is 2. The normalized spacial score (nSPS) is 13.3. The zero-order valence-electron chi connectivity index (χ0n) is 15.4. The quantitative estimate of drug-likeness (QED) is 0.216. The molecule has 0 aliphatic carbocycles. The second kappa shape index (κ2) is 12.9. The fraction of sp³-hybridized carbons (Fsp3) is 0.944. The van der Waals surface area contributed by atoms with Crippen LogP contribution in [0.1, 0.15) is 83.5 Å². The molecule has 0 saturated carbocycles. The van der Waals surface area contributed by atoms with Crippen molar-refractivity contribution in [3.05, 3.63) is 6.92 Å². The Labute approximate surface area is 154 Å². The van der Waals surface area contributed by atoms with Crippen LogP contribution in [0.25, 0.3) is 0 Å². The third-order valence-electron chi connectivity index (χ3n) is 4.32. The number of sulfone groups is 1. The Hall–Kier alpha value is -0.400. The molecule has 0 spiro atoms. The first kappa shape index (κ1) is 25.6. The first-order valence-electron chi connectivity index (χ1n) is 9.46. The highest BCUT2D eigenvalue weighted by atomic mass is 32.2. The van der Waals surface area contributed by atoms with E-state index in [-0.39, 0.29) is 5.75 Å². The lowest BCUT2D eigenvalue weighted by atomic mass is 10.1. The van der Waals surface area contributed by atoms with Gasteiger partial charge in [-0.2, -0.15) is 22.0 Å². The van der Waals surface area contributed by atoms with Crippen molar-refractivity contribution >= 4 is 9.84 Å². The third-order valence-corrected chi connectivity index (χ3v) is 6.14. The summed E-state index contributed by atoms with van der Waals surface area (Å²) in [5.41, 5.74) is 0. The monoisotopic (exact) mass is 407 g/mol. The van der Waals surface area contributed by atoms with Crippen molar-refractivity contribution < 1.29 is 30.4 Å². The minimum Gasteiger partial charge on any atom is -0.229 e. The van der Waals surface area contributed by atoms with Crippen LogP contribution in [-0.2, 0) is 9.84 Å². The molecule has 0 fully saturated rings. The average molecular weight is 408 g/mol. The van der Waals surface area contributed by atoms with Gasteiger partial charge in [0.2, 0.25) is 0 Å². The van der Waals surface area contributed by atoms with Crippen LogP contribution < -0.4 is 0 Å². The smallest absolute Gasteiger partial charge is 0.229 e. The maximum absolute atomic E-state index is 12.7. The highest BCUT2D eigenvalue weighted by molar-refractivity contribution is 7.91. The molecular weight excluding hydrogens is 375 g/mol. The van der Waals surface area contributed by atoms with Gasteiger partial charge in [-0.1, -0.05) is 71.1 Å². The molecular formula is C18H32F5O2S. The number of halogens is 5. The van der Waals surface area contributed by atoms with Gasteiger partial charge in [-0.05, 0) is 12.8 Å². The lowest BCUT2D eigenvalue weighted by Crippen LogP contribution is -2.36. The van der Waals surface area contributed by atoms with Gasteiger partial charge < -0.3 is 0 Å². The summed E-state index contributed by atoms with van der Waals surface area (Å²) in [7, 11) is -3.57. The Balaban J connectivity index is 3.67. The van der Waals surface area contributed by atoms with Crippen LogP contribution in [0.15, 0.2) is 0 Å². The predicted molar refractivity (Wildman–Crippen MR) is 95.0 cm³/mol. The van der Waals surface area contributed by atoms with Crippen molar-refractivity contribution in [1.29, 1.82) is 0 Å². The highest BCUT2D eigenvalue weighted by Gasteiger charge is 2.56. The van der Waals surface area contributed by atoms with E-state index in [1.807, 2.05) is 0 Å². The molecule has 0 aliphatic heterocycles. The lowest BCUT2D eigenvalue weighted by molar-refractivity contribution is -0.284. The molecule has 0 aliphatic rings. The van der Waals surface area contributed by atoms with E-state index >= 15 is 0 Å². The van der Waals surface area contributed by atoms with Gasteiger partial charge in [0.15, 0.2) is 0 Å². The van der Waals surface area contributed by atoms with Gasteiger partial charge in [0.25, 0.3) is 0 Å². The molecule has 0 heterocycles. The zero-order chi connectivity index (χ0) is 20.1. The fourth-order valence-corrected chi connectivity index (χ4v) is 4.10. The summed E-state index contributed by atoms with van der Waals surface area (Å²) in [4.78, 5) is 0. The van der Waals surface area contributed by atoms with E-state index in [0.717, 1.165) is 32.1 Å². The number of hydrogen-bond donors (Lipinski definition) is 0. The van der Waals surface area contributed by atoms with Crippen LogP contribution >= 0.6 is 0 Å². The lowest BCUT2D eigenvalue weighted by Gasteiger charge is -2.19. The van der Waals surface area contributed by atoms with Crippen molar-refractivity contribution in [3.63, 3.8) is 0 Å². The van der Waals surface area contributed by atoms with Crippen LogP contribution in [0.2, 0.25) is 0 Å². The molecule has 0 rings (SSSR count). The molecule has 0 aromatic rings. The summed E-state index contributed by atoms with van der Waals surface area (Å²) < 4.78 is 84.9. The number of rotatable bonds is 16. The van der Waals surface area contributed by atoms with Crippen LogP contribution in [-0.4, -0.2) is 32.0 Å².